The fourth-order valence-corrected chi connectivity index (χ4v) is 7.90. The predicted octanol–water partition coefficient (Wildman–Crippen LogP) is 6.74. The molecule has 4 aromatic carbocycles. The molecule has 6 aromatic rings. The number of hydrazine groups is 1. The molecule has 0 bridgehead atoms. The number of imidazole rings is 2. The van der Waals surface area contributed by atoms with E-state index in [9.17, 15) is 19.2 Å². The molecule has 16 heteroatoms. The van der Waals surface area contributed by atoms with Crippen LogP contribution >= 0.6 is 0 Å². The van der Waals surface area contributed by atoms with Gasteiger partial charge in [-0.1, -0.05) is 91.0 Å². The van der Waals surface area contributed by atoms with E-state index in [0.717, 1.165) is 52.2 Å². The van der Waals surface area contributed by atoms with Crippen molar-refractivity contribution in [2.24, 2.45) is 0 Å². The van der Waals surface area contributed by atoms with Gasteiger partial charge in [0.15, 0.2) is 0 Å². The van der Waals surface area contributed by atoms with Crippen LogP contribution in [0.4, 0.5) is 15.5 Å². The summed E-state index contributed by atoms with van der Waals surface area (Å²) >= 11 is 0. The first kappa shape index (κ1) is 41.1. The first-order valence-corrected chi connectivity index (χ1v) is 20.3. The summed E-state index contributed by atoms with van der Waals surface area (Å²) in [5.74, 6) is 1.20. The van der Waals surface area contributed by atoms with Crippen LogP contribution in [0.5, 0.6) is 5.75 Å². The van der Waals surface area contributed by atoms with Gasteiger partial charge in [0.05, 0.1) is 44.5 Å². The van der Waals surface area contributed by atoms with E-state index in [2.05, 4.69) is 20.6 Å². The molecule has 4 N–H and O–H groups in total. The number of fused-ring (bicyclic) bond motifs is 3. The van der Waals surface area contributed by atoms with Gasteiger partial charge in [-0.05, 0) is 52.8 Å². The third kappa shape index (κ3) is 8.39. The van der Waals surface area contributed by atoms with Crippen LogP contribution in [0, 0.1) is 0 Å². The van der Waals surface area contributed by atoms with Gasteiger partial charge in [0.25, 0.3) is 11.8 Å². The predicted molar refractivity (Wildman–Crippen MR) is 231 cm³/mol. The van der Waals surface area contributed by atoms with Crippen LogP contribution in [0.15, 0.2) is 109 Å². The van der Waals surface area contributed by atoms with Crippen LogP contribution < -0.4 is 20.4 Å². The average Bonchev–Trinajstić information content (AvgIpc) is 4.09. The van der Waals surface area contributed by atoms with Crippen LogP contribution in [0.2, 0.25) is 0 Å². The number of hydrogen-bond donors (Lipinski definition) is 4. The smallest absolute Gasteiger partial charge is 0.407 e. The fraction of sp³-hybridized carbons (Fsp3) is 0.261. The van der Waals surface area contributed by atoms with Gasteiger partial charge in [0, 0.05) is 38.3 Å². The molecule has 0 unspecified atom stereocenters. The zero-order valence-corrected chi connectivity index (χ0v) is 34.8. The van der Waals surface area contributed by atoms with Crippen molar-refractivity contribution >= 4 is 29.9 Å². The number of alkyl carbamates (subject to hydrolysis) is 2. The van der Waals surface area contributed by atoms with Crippen molar-refractivity contribution in [3.05, 3.63) is 132 Å². The number of anilines is 1. The number of aromatic amines is 2. The number of amides is 4. The number of rotatable bonds is 11. The Morgan fingerprint density at radius 2 is 1.44 bits per heavy atom. The van der Waals surface area contributed by atoms with Crippen molar-refractivity contribution in [2.75, 3.05) is 46.5 Å². The van der Waals surface area contributed by atoms with Gasteiger partial charge in [-0.15, -0.1) is 0 Å². The minimum absolute atomic E-state index is 0.226. The number of carbonyl (C=O) groups is 4. The Labute approximate surface area is 358 Å². The molecule has 4 amide bonds. The van der Waals surface area contributed by atoms with E-state index in [0.29, 0.717) is 48.2 Å². The molecule has 1 fully saturated rings. The summed E-state index contributed by atoms with van der Waals surface area (Å²) in [4.78, 5) is 70.4. The highest BCUT2D eigenvalue weighted by molar-refractivity contribution is 5.88. The molecule has 0 aliphatic carbocycles. The van der Waals surface area contributed by atoms with Crippen LogP contribution in [-0.4, -0.2) is 95.3 Å². The maximum Gasteiger partial charge on any atom is 0.407 e. The van der Waals surface area contributed by atoms with Gasteiger partial charge < -0.3 is 39.7 Å². The average molecular weight is 838 g/mol. The van der Waals surface area contributed by atoms with Crippen molar-refractivity contribution in [1.29, 1.82) is 0 Å². The molecular weight excluding hydrogens is 791 g/mol. The second kappa shape index (κ2) is 17.9. The lowest BCUT2D eigenvalue weighted by atomic mass is 10.00. The van der Waals surface area contributed by atoms with Gasteiger partial charge >= 0.3 is 12.2 Å². The van der Waals surface area contributed by atoms with Crippen LogP contribution in [0.3, 0.4) is 0 Å². The number of benzene rings is 4. The molecule has 318 valence electrons. The molecule has 2 aliphatic rings. The number of methoxy groups -OCH3 is 2. The Balaban J connectivity index is 0.970. The number of H-pyrrole nitrogens is 2. The highest BCUT2D eigenvalue weighted by Gasteiger charge is 2.37. The normalized spacial score (nSPS) is 15.2. The first-order chi connectivity index (χ1) is 30.1. The lowest BCUT2D eigenvalue weighted by molar-refractivity contribution is -0.134. The Kier molecular flexibility index (Phi) is 11.9. The highest BCUT2D eigenvalue weighted by Crippen LogP contribution is 2.39. The summed E-state index contributed by atoms with van der Waals surface area (Å²) in [5.41, 5.74) is 7.38. The first-order valence-electron chi connectivity index (χ1n) is 20.3. The van der Waals surface area contributed by atoms with Crippen molar-refractivity contribution in [1.82, 2.24) is 40.5 Å². The molecule has 1 saturated heterocycles. The van der Waals surface area contributed by atoms with Gasteiger partial charge in [-0.2, -0.15) is 0 Å². The Morgan fingerprint density at radius 1 is 0.806 bits per heavy atom. The number of nitrogens with one attached hydrogen (secondary N) is 4. The second-order valence-corrected chi connectivity index (χ2v) is 15.0. The minimum atomic E-state index is -0.986. The molecule has 4 heterocycles. The minimum Gasteiger partial charge on any atom is -0.492 e. The molecule has 3 atom stereocenters. The van der Waals surface area contributed by atoms with Gasteiger partial charge in [0.1, 0.15) is 23.7 Å². The maximum absolute atomic E-state index is 13.9. The zero-order chi connectivity index (χ0) is 43.3. The molecule has 62 heavy (non-hydrogen) atoms. The molecular formula is C46H47N9O7. The third-order valence-corrected chi connectivity index (χ3v) is 11.3. The molecule has 0 radical (unpaired) electrons. The lowest BCUT2D eigenvalue weighted by Gasteiger charge is -2.31. The molecule has 8 rings (SSSR count). The van der Waals surface area contributed by atoms with Gasteiger partial charge in [-0.3, -0.25) is 19.6 Å². The van der Waals surface area contributed by atoms with E-state index in [1.54, 1.807) is 54.5 Å². The van der Waals surface area contributed by atoms with Crippen molar-refractivity contribution in [3.8, 4) is 39.4 Å². The SMILES string of the molecule is COC(=O)N[C@@H](C(=O)N1CCC[C@H]1c1ncc(-c2ccc(-c3ccc4c(c3)OCCc3[nH]c(N(C)N(C)C(=O)[C@H](NC(=O)OC)c5ccccc5)nc3-4)cc2)[nH]1)c1ccccc1. The number of ether oxygens (including phenoxy) is 3. The fourth-order valence-electron chi connectivity index (χ4n) is 7.90. The Morgan fingerprint density at radius 3 is 2.11 bits per heavy atom. The number of aromatic nitrogens is 4. The summed E-state index contributed by atoms with van der Waals surface area (Å²) in [6.07, 6.45) is 2.49. The lowest BCUT2D eigenvalue weighted by Crippen LogP contribution is -2.48. The standard InChI is InChI=1S/C46H47N9O7/c1-53(42(56)38(51-45(58)60-3)30-12-7-5-8-13-30)54(2)44-49-34-23-25-62-37-26-32(21-22-33(37)40(34)50-44)28-17-19-29(20-18-28)35-27-47-41(48-35)36-16-11-24-55(36)43(57)39(52-46(59)61-4)31-14-9-6-10-15-31/h5-10,12-15,17-22,26-27,36,38-39H,11,16,23-25H2,1-4H3,(H,47,48)(H,49,50)(H,51,58)(H,52,59)/t36-,38+,39+/m0/s1. The van der Waals surface area contributed by atoms with Crippen molar-refractivity contribution in [3.63, 3.8) is 0 Å². The van der Waals surface area contributed by atoms with Crippen molar-refractivity contribution < 1.29 is 33.4 Å². The van der Waals surface area contributed by atoms with E-state index in [1.807, 2.05) is 78.9 Å². The second-order valence-electron chi connectivity index (χ2n) is 15.0. The summed E-state index contributed by atoms with van der Waals surface area (Å²) in [6.45, 7) is 0.957. The summed E-state index contributed by atoms with van der Waals surface area (Å²) < 4.78 is 15.9. The van der Waals surface area contributed by atoms with E-state index >= 15 is 0 Å². The summed E-state index contributed by atoms with van der Waals surface area (Å²) in [6, 6.07) is 30.1. The van der Waals surface area contributed by atoms with E-state index in [4.69, 9.17) is 24.2 Å². The number of hydrogen-bond acceptors (Lipinski definition) is 10. The molecule has 16 nitrogen and oxygen atoms in total. The van der Waals surface area contributed by atoms with Gasteiger partial charge in [0.2, 0.25) is 5.95 Å². The number of nitrogens with zero attached hydrogens (tertiary/aromatic N) is 5. The van der Waals surface area contributed by atoms with Gasteiger partial charge in [-0.25, -0.2) is 19.6 Å². The largest absolute Gasteiger partial charge is 0.492 e. The summed E-state index contributed by atoms with van der Waals surface area (Å²) in [5, 5.41) is 8.37. The third-order valence-electron chi connectivity index (χ3n) is 11.3. The Hall–Kier alpha value is -7.62. The molecule has 0 saturated carbocycles. The van der Waals surface area contributed by atoms with E-state index in [-0.39, 0.29) is 17.9 Å². The topological polar surface area (TPSA) is 187 Å². The van der Waals surface area contributed by atoms with Crippen LogP contribution in [-0.2, 0) is 25.5 Å². The number of carbonyl (C=O) groups excluding carboxylic acids is 4. The summed E-state index contributed by atoms with van der Waals surface area (Å²) in [7, 11) is 5.87. The van der Waals surface area contributed by atoms with E-state index < -0.39 is 24.3 Å². The number of likely N-dealkylation sites (tertiary alicyclic amines) is 1. The molecule has 2 aliphatic heterocycles. The quantitative estimate of drug-likeness (QED) is 0.102. The monoisotopic (exact) mass is 837 g/mol. The Bertz CT molecular complexity index is 2560. The maximum atomic E-state index is 13.9. The van der Waals surface area contributed by atoms with Crippen LogP contribution in [0.25, 0.3) is 33.6 Å². The van der Waals surface area contributed by atoms with E-state index in [1.165, 1.54) is 19.2 Å². The molecule has 0 spiro atoms. The van der Waals surface area contributed by atoms with Crippen molar-refractivity contribution in [2.45, 2.75) is 37.4 Å². The van der Waals surface area contributed by atoms with Crippen LogP contribution in [0.1, 0.15) is 53.6 Å². The zero-order valence-electron chi connectivity index (χ0n) is 34.8. The highest BCUT2D eigenvalue weighted by atomic mass is 16.5. The molecule has 2 aromatic heterocycles. The number of likely N-dealkylation sites (N-methyl/N-ethyl adjacent to an activating group) is 1.